The molecule has 7 nitrogen and oxygen atoms in total. The van der Waals surface area contributed by atoms with Crippen molar-refractivity contribution in [3.63, 3.8) is 0 Å². The molecule has 0 aromatic rings. The van der Waals surface area contributed by atoms with E-state index >= 15 is 0 Å². The van der Waals surface area contributed by atoms with E-state index in [2.05, 4.69) is 22.2 Å². The second-order valence-electron chi connectivity index (χ2n) is 5.90. The molecule has 140 valence electrons. The Hall–Kier alpha value is -0.870. The van der Waals surface area contributed by atoms with Crippen LogP contribution in [0.5, 0.6) is 0 Å². The van der Waals surface area contributed by atoms with Gasteiger partial charge in [0.1, 0.15) is 6.54 Å². The first-order chi connectivity index (χ1) is 11.0. The lowest BCUT2D eigenvalue weighted by atomic mass is 10.3. The maximum Gasteiger partial charge on any atom is 0.243 e. The minimum absolute atomic E-state index is 0. The van der Waals surface area contributed by atoms with Gasteiger partial charge < -0.3 is 25.0 Å². The van der Waals surface area contributed by atoms with E-state index in [1.54, 1.807) is 14.1 Å². The molecule has 0 aliphatic carbocycles. The molecule has 1 saturated heterocycles. The molecule has 1 amide bonds. The van der Waals surface area contributed by atoms with Crippen LogP contribution in [0.2, 0.25) is 0 Å². The van der Waals surface area contributed by atoms with Gasteiger partial charge in [0.15, 0.2) is 5.96 Å². The smallest absolute Gasteiger partial charge is 0.243 e. The fraction of sp³-hybridized carbons (Fsp3) is 0.750. The van der Waals surface area contributed by atoms with E-state index in [0.717, 1.165) is 31.6 Å². The van der Waals surface area contributed by atoms with E-state index in [4.69, 9.17) is 9.47 Å². The minimum Gasteiger partial charge on any atom is -0.379 e. The lowest BCUT2D eigenvalue weighted by Crippen LogP contribution is -2.40. The standard InChI is InChI=1S/C16H30N4O3.HI/c1-13(2)10-18-16(19-11-15(21)20(3)4)17-7-5-8-23-14-6-9-22-12-14;/h14H,1,5-12H2,2-4H3,(H2,17,18,19);1H. The Bertz CT molecular complexity index is 410. The molecule has 1 aliphatic rings. The molecule has 1 fully saturated rings. The van der Waals surface area contributed by atoms with E-state index in [0.29, 0.717) is 25.7 Å². The summed E-state index contributed by atoms with van der Waals surface area (Å²) in [4.78, 5) is 17.4. The highest BCUT2D eigenvalue weighted by atomic mass is 127. The average molecular weight is 454 g/mol. The highest BCUT2D eigenvalue weighted by molar-refractivity contribution is 14.0. The second-order valence-corrected chi connectivity index (χ2v) is 5.90. The van der Waals surface area contributed by atoms with Crippen molar-refractivity contribution in [1.29, 1.82) is 0 Å². The van der Waals surface area contributed by atoms with Crippen molar-refractivity contribution in [1.82, 2.24) is 15.5 Å². The number of amides is 1. The Kier molecular flexibility index (Phi) is 12.9. The van der Waals surface area contributed by atoms with Crippen molar-refractivity contribution in [3.8, 4) is 0 Å². The maximum absolute atomic E-state index is 11.6. The van der Waals surface area contributed by atoms with Crippen molar-refractivity contribution >= 4 is 35.8 Å². The number of guanidine groups is 1. The normalized spacial score (nSPS) is 17.1. The van der Waals surface area contributed by atoms with Crippen LogP contribution in [0.25, 0.3) is 0 Å². The van der Waals surface area contributed by atoms with Crippen LogP contribution in [0, 0.1) is 0 Å². The number of carbonyl (C=O) groups is 1. The Morgan fingerprint density at radius 3 is 2.75 bits per heavy atom. The first-order valence-electron chi connectivity index (χ1n) is 8.05. The number of aliphatic imine (C=N–C) groups is 1. The number of carbonyl (C=O) groups excluding carboxylic acids is 1. The van der Waals surface area contributed by atoms with Crippen LogP contribution >= 0.6 is 24.0 Å². The van der Waals surface area contributed by atoms with Crippen molar-refractivity contribution in [2.45, 2.75) is 25.9 Å². The molecular weight excluding hydrogens is 423 g/mol. The average Bonchev–Trinajstić information content (AvgIpc) is 3.01. The first kappa shape index (κ1) is 23.1. The molecular formula is C16H31IN4O3. The van der Waals surface area contributed by atoms with Gasteiger partial charge in [-0.15, -0.1) is 24.0 Å². The number of hydrogen-bond acceptors (Lipinski definition) is 4. The van der Waals surface area contributed by atoms with Gasteiger partial charge >= 0.3 is 0 Å². The number of nitrogens with zero attached hydrogens (tertiary/aromatic N) is 2. The van der Waals surface area contributed by atoms with Crippen molar-refractivity contribution in [2.75, 3.05) is 53.6 Å². The quantitative estimate of drug-likeness (QED) is 0.179. The highest BCUT2D eigenvalue weighted by Gasteiger charge is 2.15. The fourth-order valence-electron chi connectivity index (χ4n) is 1.87. The molecule has 8 heteroatoms. The van der Waals surface area contributed by atoms with Gasteiger partial charge in [-0.3, -0.25) is 4.79 Å². The molecule has 1 aliphatic heterocycles. The molecule has 0 aromatic carbocycles. The molecule has 0 saturated carbocycles. The van der Waals surface area contributed by atoms with Gasteiger partial charge in [0.25, 0.3) is 0 Å². The summed E-state index contributed by atoms with van der Waals surface area (Å²) in [6, 6.07) is 0. The van der Waals surface area contributed by atoms with Gasteiger partial charge in [-0.05, 0) is 19.8 Å². The second kappa shape index (κ2) is 13.4. The lowest BCUT2D eigenvalue weighted by Gasteiger charge is -2.14. The summed E-state index contributed by atoms with van der Waals surface area (Å²) in [6.07, 6.45) is 2.08. The molecule has 0 spiro atoms. The van der Waals surface area contributed by atoms with E-state index in [1.165, 1.54) is 4.90 Å². The van der Waals surface area contributed by atoms with Crippen LogP contribution in [-0.4, -0.2) is 76.4 Å². The molecule has 1 unspecified atom stereocenters. The van der Waals surface area contributed by atoms with Gasteiger partial charge in [-0.25, -0.2) is 4.99 Å². The zero-order valence-corrected chi connectivity index (χ0v) is 17.3. The number of ether oxygens (including phenoxy) is 2. The van der Waals surface area contributed by atoms with Gasteiger partial charge in [-0.1, -0.05) is 12.2 Å². The zero-order valence-electron chi connectivity index (χ0n) is 15.0. The molecule has 1 rings (SSSR count). The summed E-state index contributed by atoms with van der Waals surface area (Å²) in [5.41, 5.74) is 1.00. The van der Waals surface area contributed by atoms with Crippen LogP contribution in [0.15, 0.2) is 17.1 Å². The van der Waals surface area contributed by atoms with E-state index in [9.17, 15) is 4.79 Å². The van der Waals surface area contributed by atoms with Crippen LogP contribution in [0.3, 0.4) is 0 Å². The molecule has 24 heavy (non-hydrogen) atoms. The number of halogens is 1. The number of hydrogen-bond donors (Lipinski definition) is 2. The third-order valence-corrected chi connectivity index (χ3v) is 3.28. The van der Waals surface area contributed by atoms with Crippen LogP contribution in [-0.2, 0) is 14.3 Å². The molecule has 0 radical (unpaired) electrons. The Balaban J connectivity index is 0.00000529. The summed E-state index contributed by atoms with van der Waals surface area (Å²) in [7, 11) is 3.44. The Morgan fingerprint density at radius 2 is 2.17 bits per heavy atom. The molecule has 0 bridgehead atoms. The lowest BCUT2D eigenvalue weighted by molar-refractivity contribution is -0.127. The summed E-state index contributed by atoms with van der Waals surface area (Å²) >= 11 is 0. The third-order valence-electron chi connectivity index (χ3n) is 3.28. The Morgan fingerprint density at radius 1 is 1.42 bits per heavy atom. The third kappa shape index (κ3) is 10.8. The van der Waals surface area contributed by atoms with Gasteiger partial charge in [0, 0.05) is 40.4 Å². The zero-order chi connectivity index (χ0) is 17.1. The number of nitrogens with one attached hydrogen (secondary N) is 2. The van der Waals surface area contributed by atoms with Crippen molar-refractivity contribution in [3.05, 3.63) is 12.2 Å². The van der Waals surface area contributed by atoms with Crippen LogP contribution in [0.1, 0.15) is 19.8 Å². The summed E-state index contributed by atoms with van der Waals surface area (Å²) in [6.45, 7) is 9.44. The minimum atomic E-state index is -0.0361. The van der Waals surface area contributed by atoms with E-state index in [1.807, 2.05) is 6.92 Å². The molecule has 2 N–H and O–H groups in total. The van der Waals surface area contributed by atoms with Gasteiger partial charge in [0.05, 0.1) is 12.7 Å². The maximum atomic E-state index is 11.6. The predicted octanol–water partition coefficient (Wildman–Crippen LogP) is 1.000. The van der Waals surface area contributed by atoms with Gasteiger partial charge in [0.2, 0.25) is 5.91 Å². The number of rotatable bonds is 9. The van der Waals surface area contributed by atoms with Crippen molar-refractivity contribution in [2.24, 2.45) is 4.99 Å². The molecule has 1 heterocycles. The number of likely N-dealkylation sites (N-methyl/N-ethyl adjacent to an activating group) is 1. The molecule has 1 atom stereocenters. The largest absolute Gasteiger partial charge is 0.379 e. The van der Waals surface area contributed by atoms with E-state index < -0.39 is 0 Å². The summed E-state index contributed by atoms with van der Waals surface area (Å²) < 4.78 is 11.0. The van der Waals surface area contributed by atoms with Crippen LogP contribution in [0.4, 0.5) is 0 Å². The SMILES string of the molecule is C=C(C)CNC(=NCC(=O)N(C)C)NCCCOC1CCOC1.I. The van der Waals surface area contributed by atoms with Crippen molar-refractivity contribution < 1.29 is 14.3 Å². The van der Waals surface area contributed by atoms with Gasteiger partial charge in [-0.2, -0.15) is 0 Å². The summed E-state index contributed by atoms with van der Waals surface area (Å²) in [5.74, 6) is 0.582. The Labute approximate surface area is 162 Å². The predicted molar refractivity (Wildman–Crippen MR) is 107 cm³/mol. The molecule has 0 aromatic heterocycles. The fourth-order valence-corrected chi connectivity index (χ4v) is 1.87. The van der Waals surface area contributed by atoms with Crippen LogP contribution < -0.4 is 10.6 Å². The highest BCUT2D eigenvalue weighted by Crippen LogP contribution is 2.07. The summed E-state index contributed by atoms with van der Waals surface area (Å²) in [5, 5.41) is 6.36. The monoisotopic (exact) mass is 454 g/mol. The van der Waals surface area contributed by atoms with E-state index in [-0.39, 0.29) is 42.5 Å². The first-order valence-corrected chi connectivity index (χ1v) is 8.05. The topological polar surface area (TPSA) is 75.2 Å².